The first-order valence-corrected chi connectivity index (χ1v) is 9.18. The molecule has 0 aliphatic rings. The molecule has 3 nitrogen and oxygen atoms in total. The Labute approximate surface area is 167 Å². The fourth-order valence-corrected chi connectivity index (χ4v) is 3.04. The molecule has 29 heavy (non-hydrogen) atoms. The lowest BCUT2D eigenvalue weighted by atomic mass is 10.0. The first kappa shape index (κ1) is 20.6. The van der Waals surface area contributed by atoms with Crippen molar-refractivity contribution >= 4 is 11.6 Å². The molecule has 2 atom stereocenters. The fraction of sp³-hybridized carbons (Fsp3) is 0.174. The molecular weight excluding hydrogens is 377 g/mol. The molecule has 0 aliphatic heterocycles. The predicted molar refractivity (Wildman–Crippen MR) is 107 cm³/mol. The Bertz CT molecular complexity index is 943. The number of alkyl halides is 3. The maximum absolute atomic E-state index is 13.0. The van der Waals surface area contributed by atoms with Gasteiger partial charge in [-0.15, -0.1) is 0 Å². The zero-order valence-corrected chi connectivity index (χ0v) is 15.8. The summed E-state index contributed by atoms with van der Waals surface area (Å²) >= 11 is 0. The number of benzene rings is 3. The smallest absolute Gasteiger partial charge is 0.324 e. The minimum absolute atomic E-state index is 0.0971. The van der Waals surface area contributed by atoms with E-state index < -0.39 is 23.7 Å². The molecule has 0 aromatic heterocycles. The molecule has 3 aromatic rings. The van der Waals surface area contributed by atoms with Gasteiger partial charge in [-0.2, -0.15) is 13.2 Å². The fourth-order valence-electron chi connectivity index (χ4n) is 3.04. The highest BCUT2D eigenvalue weighted by molar-refractivity contribution is 5.95. The van der Waals surface area contributed by atoms with Crippen molar-refractivity contribution in [2.75, 3.05) is 5.32 Å². The van der Waals surface area contributed by atoms with Gasteiger partial charge in [-0.3, -0.25) is 10.1 Å². The van der Waals surface area contributed by atoms with Crippen LogP contribution in [-0.2, 0) is 11.0 Å². The molecule has 1 amide bonds. The van der Waals surface area contributed by atoms with Crippen molar-refractivity contribution in [2.24, 2.45) is 0 Å². The average Bonchev–Trinajstić information content (AvgIpc) is 2.72. The number of carbonyl (C=O) groups excluding carboxylic acids is 1. The molecule has 0 fully saturated rings. The summed E-state index contributed by atoms with van der Waals surface area (Å²) in [7, 11) is 0. The number of carbonyl (C=O) groups is 1. The van der Waals surface area contributed by atoms with Gasteiger partial charge >= 0.3 is 6.18 Å². The quantitative estimate of drug-likeness (QED) is 0.556. The molecule has 0 saturated carbocycles. The van der Waals surface area contributed by atoms with Gasteiger partial charge in [0.05, 0.1) is 5.56 Å². The topological polar surface area (TPSA) is 41.1 Å². The molecule has 2 N–H and O–H groups in total. The van der Waals surface area contributed by atoms with Crippen LogP contribution in [0, 0.1) is 0 Å². The van der Waals surface area contributed by atoms with Crippen molar-refractivity contribution in [2.45, 2.75) is 25.2 Å². The zero-order chi connectivity index (χ0) is 20.9. The molecule has 0 spiro atoms. The molecular formula is C23H21F3N2O. The lowest BCUT2D eigenvalue weighted by Crippen LogP contribution is -2.34. The second-order valence-corrected chi connectivity index (χ2v) is 6.71. The van der Waals surface area contributed by atoms with Crippen LogP contribution in [-0.4, -0.2) is 5.91 Å². The molecule has 3 aromatic carbocycles. The Morgan fingerprint density at radius 3 is 2.00 bits per heavy atom. The van der Waals surface area contributed by atoms with E-state index in [-0.39, 0.29) is 11.7 Å². The maximum atomic E-state index is 13.0. The van der Waals surface area contributed by atoms with Gasteiger partial charge in [0.25, 0.3) is 0 Å². The van der Waals surface area contributed by atoms with Gasteiger partial charge in [0.2, 0.25) is 5.91 Å². The first-order chi connectivity index (χ1) is 13.8. The van der Waals surface area contributed by atoms with E-state index in [2.05, 4.69) is 10.6 Å². The third-order valence-corrected chi connectivity index (χ3v) is 4.57. The van der Waals surface area contributed by atoms with Crippen LogP contribution in [0.5, 0.6) is 0 Å². The van der Waals surface area contributed by atoms with Crippen LogP contribution >= 0.6 is 0 Å². The lowest BCUT2D eigenvalue weighted by molar-refractivity contribution is -0.137. The van der Waals surface area contributed by atoms with Crippen molar-refractivity contribution in [1.29, 1.82) is 0 Å². The van der Waals surface area contributed by atoms with Gasteiger partial charge in [-0.05, 0) is 36.2 Å². The Morgan fingerprint density at radius 1 is 0.828 bits per heavy atom. The molecule has 6 heteroatoms. The van der Waals surface area contributed by atoms with E-state index in [1.807, 2.05) is 55.5 Å². The number of anilines is 1. The van der Waals surface area contributed by atoms with Crippen LogP contribution in [0.2, 0.25) is 0 Å². The van der Waals surface area contributed by atoms with E-state index in [1.165, 1.54) is 12.1 Å². The van der Waals surface area contributed by atoms with E-state index >= 15 is 0 Å². The standard InChI is InChI=1S/C23H21F3N2O/c1-16(17-9-4-2-5-10-17)27-21(18-11-6-3-7-12-18)22(29)28-20-14-8-13-19(15-20)23(24,25)26/h2-16,21,27H,1H3,(H,28,29)/t16-,21-/m0/s1. The number of nitrogens with one attached hydrogen (secondary N) is 2. The summed E-state index contributed by atoms with van der Waals surface area (Å²) in [5, 5.41) is 5.89. The molecule has 150 valence electrons. The molecule has 0 unspecified atom stereocenters. The number of hydrogen-bond acceptors (Lipinski definition) is 2. The molecule has 0 saturated heterocycles. The number of halogens is 3. The van der Waals surface area contributed by atoms with Crippen LogP contribution in [0.3, 0.4) is 0 Å². The lowest BCUT2D eigenvalue weighted by Gasteiger charge is -2.24. The van der Waals surface area contributed by atoms with Crippen molar-refractivity contribution in [3.05, 3.63) is 102 Å². The number of rotatable bonds is 6. The molecule has 3 rings (SSSR count). The number of amides is 1. The third kappa shape index (κ3) is 5.45. The summed E-state index contributed by atoms with van der Waals surface area (Å²) in [4.78, 5) is 13.0. The summed E-state index contributed by atoms with van der Waals surface area (Å²) in [6.07, 6.45) is -4.47. The summed E-state index contributed by atoms with van der Waals surface area (Å²) < 4.78 is 38.9. The molecule has 0 radical (unpaired) electrons. The summed E-state index contributed by atoms with van der Waals surface area (Å²) in [6.45, 7) is 1.93. The second kappa shape index (κ2) is 8.92. The van der Waals surface area contributed by atoms with Crippen molar-refractivity contribution in [1.82, 2.24) is 5.32 Å². The maximum Gasteiger partial charge on any atom is 0.416 e. The minimum Gasteiger partial charge on any atom is -0.324 e. The summed E-state index contributed by atoms with van der Waals surface area (Å²) in [6, 6.07) is 22.4. The summed E-state index contributed by atoms with van der Waals surface area (Å²) in [5.74, 6) is -0.432. The SMILES string of the molecule is C[C@H](N[C@H](C(=O)Nc1cccc(C(F)(F)F)c1)c1ccccc1)c1ccccc1. The highest BCUT2D eigenvalue weighted by Crippen LogP contribution is 2.31. The van der Waals surface area contributed by atoms with Crippen LogP contribution in [0.4, 0.5) is 18.9 Å². The third-order valence-electron chi connectivity index (χ3n) is 4.57. The van der Waals surface area contributed by atoms with Crippen LogP contribution in [0.25, 0.3) is 0 Å². The normalized spacial score (nSPS) is 13.5. The van der Waals surface area contributed by atoms with Crippen molar-refractivity contribution in [3.63, 3.8) is 0 Å². The Morgan fingerprint density at radius 2 is 1.41 bits per heavy atom. The Kier molecular flexibility index (Phi) is 6.34. The molecule has 0 heterocycles. The van der Waals surface area contributed by atoms with Crippen molar-refractivity contribution < 1.29 is 18.0 Å². The minimum atomic E-state index is -4.47. The second-order valence-electron chi connectivity index (χ2n) is 6.71. The van der Waals surface area contributed by atoms with E-state index in [1.54, 1.807) is 12.1 Å². The Hall–Kier alpha value is -3.12. The molecule has 0 aliphatic carbocycles. The number of hydrogen-bond donors (Lipinski definition) is 2. The van der Waals surface area contributed by atoms with Gasteiger partial charge in [0.1, 0.15) is 6.04 Å². The van der Waals surface area contributed by atoms with E-state index in [0.717, 1.165) is 23.3 Å². The first-order valence-electron chi connectivity index (χ1n) is 9.18. The zero-order valence-electron chi connectivity index (χ0n) is 15.8. The van der Waals surface area contributed by atoms with E-state index in [0.29, 0.717) is 0 Å². The van der Waals surface area contributed by atoms with Gasteiger partial charge in [-0.25, -0.2) is 0 Å². The predicted octanol–water partition coefficient (Wildman–Crippen LogP) is 5.74. The average molecular weight is 398 g/mol. The van der Waals surface area contributed by atoms with Gasteiger partial charge in [-0.1, -0.05) is 66.7 Å². The van der Waals surface area contributed by atoms with E-state index in [9.17, 15) is 18.0 Å². The summed E-state index contributed by atoms with van der Waals surface area (Å²) in [5.41, 5.74) is 1.01. The van der Waals surface area contributed by atoms with E-state index in [4.69, 9.17) is 0 Å². The van der Waals surface area contributed by atoms with Crippen LogP contribution in [0.1, 0.15) is 35.7 Å². The highest BCUT2D eigenvalue weighted by Gasteiger charge is 2.31. The van der Waals surface area contributed by atoms with Gasteiger partial charge in [0.15, 0.2) is 0 Å². The van der Waals surface area contributed by atoms with Crippen LogP contribution in [0.15, 0.2) is 84.9 Å². The van der Waals surface area contributed by atoms with Gasteiger partial charge < -0.3 is 5.32 Å². The molecule has 0 bridgehead atoms. The van der Waals surface area contributed by atoms with Gasteiger partial charge in [0, 0.05) is 11.7 Å². The van der Waals surface area contributed by atoms with Crippen LogP contribution < -0.4 is 10.6 Å². The van der Waals surface area contributed by atoms with Crippen molar-refractivity contribution in [3.8, 4) is 0 Å². The Balaban J connectivity index is 1.84. The largest absolute Gasteiger partial charge is 0.416 e. The monoisotopic (exact) mass is 398 g/mol. The highest BCUT2D eigenvalue weighted by atomic mass is 19.4.